The number of benzene rings is 1. The molecule has 2 unspecified atom stereocenters. The zero-order valence-corrected chi connectivity index (χ0v) is 13.4. The zero-order chi connectivity index (χ0) is 15.6. The number of nitrogens with two attached hydrogens (primary N) is 1. The molecule has 4 heteroatoms. The Morgan fingerprint density at radius 3 is 2.71 bits per heavy atom. The summed E-state index contributed by atoms with van der Waals surface area (Å²) in [5.41, 5.74) is 7.31. The quantitative estimate of drug-likeness (QED) is 0.875. The number of nitrogens with one attached hydrogen (secondary N) is 1. The summed E-state index contributed by atoms with van der Waals surface area (Å²) in [7, 11) is 1.79. The fourth-order valence-electron chi connectivity index (χ4n) is 2.96. The highest BCUT2D eigenvalue weighted by Gasteiger charge is 2.43. The van der Waals surface area contributed by atoms with E-state index in [0.29, 0.717) is 12.3 Å². The molecule has 0 bridgehead atoms. The van der Waals surface area contributed by atoms with Crippen LogP contribution in [0.4, 0.5) is 0 Å². The van der Waals surface area contributed by atoms with Gasteiger partial charge in [0.2, 0.25) is 5.91 Å². The summed E-state index contributed by atoms with van der Waals surface area (Å²) in [6.45, 7) is 6.39. The van der Waals surface area contributed by atoms with Crippen molar-refractivity contribution in [1.29, 1.82) is 0 Å². The fourth-order valence-corrected chi connectivity index (χ4v) is 2.96. The molecule has 1 fully saturated rings. The molecule has 4 nitrogen and oxygen atoms in total. The lowest BCUT2D eigenvalue weighted by molar-refractivity contribution is -0.124. The fraction of sp³-hybridized carbons (Fsp3) is 0.588. The number of carbonyl (C=O) groups excluding carboxylic acids is 1. The van der Waals surface area contributed by atoms with Crippen LogP contribution in [0.3, 0.4) is 0 Å². The Kier molecular flexibility index (Phi) is 4.57. The molecule has 0 spiro atoms. The predicted molar refractivity (Wildman–Crippen MR) is 84.5 cm³/mol. The molecule has 3 N–H and O–H groups in total. The Hall–Kier alpha value is -1.55. The largest absolute Gasteiger partial charge is 0.490 e. The van der Waals surface area contributed by atoms with Gasteiger partial charge in [0.25, 0.3) is 0 Å². The molecular weight excluding hydrogens is 264 g/mol. The van der Waals surface area contributed by atoms with Crippen molar-refractivity contribution in [2.24, 2.45) is 5.73 Å². The van der Waals surface area contributed by atoms with Crippen molar-refractivity contribution in [3.8, 4) is 5.75 Å². The minimum Gasteiger partial charge on any atom is -0.490 e. The number of hydrogen-bond donors (Lipinski definition) is 2. The van der Waals surface area contributed by atoms with Crippen molar-refractivity contribution in [3.63, 3.8) is 0 Å². The van der Waals surface area contributed by atoms with Crippen LogP contribution in [0, 0.1) is 6.92 Å². The SMILES string of the molecule is CNC1(C(N)=O)CCC(Oc2cc(C(C)C)ccc2C)C1. The Bertz CT molecular complexity index is 528. The number of likely N-dealkylation sites (N-methyl/N-ethyl adjacent to an activating group) is 1. The van der Waals surface area contributed by atoms with Gasteiger partial charge in [0.05, 0.1) is 0 Å². The van der Waals surface area contributed by atoms with Gasteiger partial charge in [-0.2, -0.15) is 0 Å². The van der Waals surface area contributed by atoms with Crippen LogP contribution in [0.2, 0.25) is 0 Å². The van der Waals surface area contributed by atoms with Crippen LogP contribution in [0.25, 0.3) is 0 Å². The number of primary amides is 1. The maximum atomic E-state index is 11.7. The lowest BCUT2D eigenvalue weighted by atomic mass is 9.97. The highest BCUT2D eigenvalue weighted by Crippen LogP contribution is 2.34. The first kappa shape index (κ1) is 15.8. The molecule has 1 aliphatic carbocycles. The lowest BCUT2D eigenvalue weighted by Gasteiger charge is -2.25. The van der Waals surface area contributed by atoms with Gasteiger partial charge in [-0.05, 0) is 49.9 Å². The monoisotopic (exact) mass is 290 g/mol. The summed E-state index contributed by atoms with van der Waals surface area (Å²) in [6, 6.07) is 6.35. The molecule has 1 aromatic rings. The molecule has 2 rings (SSSR count). The predicted octanol–water partition coefficient (Wildman–Crippen LogP) is 2.49. The summed E-state index contributed by atoms with van der Waals surface area (Å²) in [5.74, 6) is 1.10. The number of hydrogen-bond acceptors (Lipinski definition) is 3. The third kappa shape index (κ3) is 3.21. The second-order valence-corrected chi connectivity index (χ2v) is 6.36. The van der Waals surface area contributed by atoms with Crippen LogP contribution in [0.15, 0.2) is 18.2 Å². The first-order valence-corrected chi connectivity index (χ1v) is 7.64. The van der Waals surface area contributed by atoms with Crippen molar-refractivity contribution >= 4 is 5.91 Å². The van der Waals surface area contributed by atoms with Gasteiger partial charge < -0.3 is 15.8 Å². The van der Waals surface area contributed by atoms with Gasteiger partial charge in [-0.15, -0.1) is 0 Å². The maximum absolute atomic E-state index is 11.7. The number of amides is 1. The van der Waals surface area contributed by atoms with E-state index >= 15 is 0 Å². The summed E-state index contributed by atoms with van der Waals surface area (Å²) in [4.78, 5) is 11.7. The van der Waals surface area contributed by atoms with E-state index in [4.69, 9.17) is 10.5 Å². The summed E-state index contributed by atoms with van der Waals surface area (Å²) in [6.07, 6.45) is 2.23. The molecule has 0 aromatic heterocycles. The van der Waals surface area contributed by atoms with E-state index in [1.54, 1.807) is 7.05 Å². The Morgan fingerprint density at radius 1 is 1.48 bits per heavy atom. The van der Waals surface area contributed by atoms with Gasteiger partial charge in [0.15, 0.2) is 0 Å². The Balaban J connectivity index is 2.13. The molecule has 21 heavy (non-hydrogen) atoms. The molecular formula is C17H26N2O2. The molecule has 2 atom stereocenters. The van der Waals surface area contributed by atoms with E-state index in [0.717, 1.165) is 24.2 Å². The van der Waals surface area contributed by atoms with E-state index in [2.05, 4.69) is 37.4 Å². The van der Waals surface area contributed by atoms with Gasteiger partial charge >= 0.3 is 0 Å². The topological polar surface area (TPSA) is 64.3 Å². The van der Waals surface area contributed by atoms with Gasteiger partial charge in [0.1, 0.15) is 17.4 Å². The molecule has 0 saturated heterocycles. The lowest BCUT2D eigenvalue weighted by Crippen LogP contribution is -2.52. The van der Waals surface area contributed by atoms with Crippen molar-refractivity contribution in [1.82, 2.24) is 5.32 Å². The standard InChI is InChI=1S/C17H26N2O2/c1-11(2)13-6-5-12(3)15(9-13)21-14-7-8-17(10-14,19-4)16(18)20/h5-6,9,11,14,19H,7-8,10H2,1-4H3,(H2,18,20). The van der Waals surface area contributed by atoms with Crippen molar-refractivity contribution in [3.05, 3.63) is 29.3 Å². The molecule has 0 heterocycles. The third-order valence-corrected chi connectivity index (χ3v) is 4.59. The molecule has 1 aliphatic rings. The molecule has 1 saturated carbocycles. The first-order chi connectivity index (χ1) is 9.88. The second kappa shape index (κ2) is 6.06. The maximum Gasteiger partial charge on any atom is 0.237 e. The number of aryl methyl sites for hydroxylation is 1. The van der Waals surface area contributed by atoms with Crippen LogP contribution in [0.5, 0.6) is 5.75 Å². The minimum absolute atomic E-state index is 0.0334. The molecule has 1 aromatic carbocycles. The van der Waals surface area contributed by atoms with E-state index in [1.165, 1.54) is 5.56 Å². The van der Waals surface area contributed by atoms with Gasteiger partial charge in [-0.25, -0.2) is 0 Å². The highest BCUT2D eigenvalue weighted by atomic mass is 16.5. The summed E-state index contributed by atoms with van der Waals surface area (Å²) < 4.78 is 6.16. The minimum atomic E-state index is -0.617. The van der Waals surface area contributed by atoms with Crippen molar-refractivity contribution in [2.45, 2.75) is 57.6 Å². The molecule has 116 valence electrons. The third-order valence-electron chi connectivity index (χ3n) is 4.59. The van der Waals surface area contributed by atoms with Crippen LogP contribution in [0.1, 0.15) is 50.2 Å². The molecule has 0 aliphatic heterocycles. The smallest absolute Gasteiger partial charge is 0.237 e. The van der Waals surface area contributed by atoms with E-state index in [9.17, 15) is 4.79 Å². The highest BCUT2D eigenvalue weighted by molar-refractivity contribution is 5.85. The summed E-state index contributed by atoms with van der Waals surface area (Å²) >= 11 is 0. The van der Waals surface area contributed by atoms with Crippen LogP contribution in [-0.4, -0.2) is 24.6 Å². The average Bonchev–Trinajstić information content (AvgIpc) is 2.85. The second-order valence-electron chi connectivity index (χ2n) is 6.36. The Labute approximate surface area is 127 Å². The zero-order valence-electron chi connectivity index (χ0n) is 13.4. The molecule has 1 amide bonds. The molecule has 0 radical (unpaired) electrons. The van der Waals surface area contributed by atoms with Crippen LogP contribution >= 0.6 is 0 Å². The number of rotatable bonds is 5. The first-order valence-electron chi connectivity index (χ1n) is 7.64. The number of ether oxygens (including phenoxy) is 1. The van der Waals surface area contributed by atoms with Gasteiger partial charge in [-0.1, -0.05) is 26.0 Å². The normalized spacial score (nSPS) is 25.3. The van der Waals surface area contributed by atoms with Crippen LogP contribution < -0.4 is 15.8 Å². The van der Waals surface area contributed by atoms with Crippen molar-refractivity contribution in [2.75, 3.05) is 7.05 Å². The Morgan fingerprint density at radius 2 is 2.19 bits per heavy atom. The van der Waals surface area contributed by atoms with E-state index < -0.39 is 5.54 Å². The van der Waals surface area contributed by atoms with E-state index in [1.807, 2.05) is 6.92 Å². The van der Waals surface area contributed by atoms with Gasteiger partial charge in [0, 0.05) is 6.42 Å². The van der Waals surface area contributed by atoms with Crippen LogP contribution in [-0.2, 0) is 4.79 Å². The average molecular weight is 290 g/mol. The van der Waals surface area contributed by atoms with Crippen molar-refractivity contribution < 1.29 is 9.53 Å². The van der Waals surface area contributed by atoms with E-state index in [-0.39, 0.29) is 12.0 Å². The number of carbonyl (C=O) groups is 1. The summed E-state index contributed by atoms with van der Waals surface area (Å²) in [5, 5.41) is 3.08. The van der Waals surface area contributed by atoms with Gasteiger partial charge in [-0.3, -0.25) is 4.79 Å².